The van der Waals surface area contributed by atoms with Gasteiger partial charge in [-0.3, -0.25) is 4.18 Å². The molecule has 16 heavy (non-hydrogen) atoms. The topological polar surface area (TPSA) is 105 Å². The second kappa shape index (κ2) is 5.39. The van der Waals surface area contributed by atoms with Gasteiger partial charge in [-0.1, -0.05) is 6.92 Å². The highest BCUT2D eigenvalue weighted by Gasteiger charge is 2.35. The Morgan fingerprint density at radius 3 is 2.69 bits per heavy atom. The summed E-state index contributed by atoms with van der Waals surface area (Å²) in [5.41, 5.74) is 0. The number of hydrogen-bond donors (Lipinski definition) is 1. The van der Waals surface area contributed by atoms with E-state index in [2.05, 4.69) is 4.18 Å². The fourth-order valence-electron chi connectivity index (χ4n) is 1.57. The van der Waals surface area contributed by atoms with Crippen LogP contribution in [0.1, 0.15) is 13.3 Å². The van der Waals surface area contributed by atoms with Gasteiger partial charge in [0.1, 0.15) is 0 Å². The fraction of sp³-hybridized carbons (Fsp3) is 1.00. The number of rotatable bonds is 4. The molecule has 1 heterocycles. The van der Waals surface area contributed by atoms with Gasteiger partial charge in [0.05, 0.1) is 18.8 Å². The second-order valence-electron chi connectivity index (χ2n) is 3.72. The van der Waals surface area contributed by atoms with Crippen LogP contribution in [-0.4, -0.2) is 50.3 Å². The molecule has 1 saturated heterocycles. The van der Waals surface area contributed by atoms with E-state index in [1.165, 1.54) is 7.11 Å². The molecule has 0 aromatic carbocycles. The monoisotopic (exact) mass is 255 g/mol. The molecular formula is C8H15O7S-. The van der Waals surface area contributed by atoms with Crippen LogP contribution in [0.4, 0.5) is 0 Å². The Hall–Kier alpha value is -0.250. The summed E-state index contributed by atoms with van der Waals surface area (Å²) < 4.78 is 45.1. The van der Waals surface area contributed by atoms with Crippen LogP contribution in [0, 0.1) is 5.92 Å². The Bertz CT molecular complexity index is 314. The molecule has 96 valence electrons. The second-order valence-corrected chi connectivity index (χ2v) is 4.77. The van der Waals surface area contributed by atoms with E-state index >= 15 is 0 Å². The Morgan fingerprint density at radius 1 is 1.56 bits per heavy atom. The minimum Gasteiger partial charge on any atom is -0.726 e. The van der Waals surface area contributed by atoms with Gasteiger partial charge in [0.25, 0.3) is 0 Å². The van der Waals surface area contributed by atoms with Gasteiger partial charge in [-0.2, -0.15) is 0 Å². The molecule has 0 saturated carbocycles. The van der Waals surface area contributed by atoms with E-state index in [-0.39, 0.29) is 12.3 Å². The lowest BCUT2D eigenvalue weighted by Crippen LogP contribution is -2.45. The van der Waals surface area contributed by atoms with Crippen LogP contribution in [0.3, 0.4) is 0 Å². The van der Waals surface area contributed by atoms with E-state index < -0.39 is 35.5 Å². The Kier molecular flexibility index (Phi) is 4.65. The summed E-state index contributed by atoms with van der Waals surface area (Å²) in [6.07, 6.45) is -1.77. The molecule has 1 aliphatic heterocycles. The van der Waals surface area contributed by atoms with E-state index in [4.69, 9.17) is 9.47 Å². The number of hydrogen-bond acceptors (Lipinski definition) is 7. The molecule has 1 rings (SSSR count). The van der Waals surface area contributed by atoms with E-state index in [1.807, 2.05) is 0 Å². The highest BCUT2D eigenvalue weighted by atomic mass is 32.3. The van der Waals surface area contributed by atoms with Gasteiger partial charge in [0, 0.05) is 19.4 Å². The maximum Gasteiger partial charge on any atom is 0.217 e. The summed E-state index contributed by atoms with van der Waals surface area (Å²) in [6, 6.07) is 0. The van der Waals surface area contributed by atoms with Crippen molar-refractivity contribution < 1.29 is 31.7 Å². The van der Waals surface area contributed by atoms with Crippen molar-refractivity contribution >= 4 is 10.4 Å². The van der Waals surface area contributed by atoms with Gasteiger partial charge < -0.3 is 19.1 Å². The molecule has 0 spiro atoms. The van der Waals surface area contributed by atoms with Crippen molar-refractivity contribution in [1.82, 2.24) is 0 Å². The van der Waals surface area contributed by atoms with E-state index in [1.54, 1.807) is 6.92 Å². The maximum atomic E-state index is 10.2. The molecule has 7 nitrogen and oxygen atoms in total. The van der Waals surface area contributed by atoms with Crippen molar-refractivity contribution in [1.29, 1.82) is 0 Å². The molecular weight excluding hydrogens is 240 g/mol. The van der Waals surface area contributed by atoms with Crippen LogP contribution in [0.2, 0.25) is 0 Å². The summed E-state index contributed by atoms with van der Waals surface area (Å²) in [5, 5.41) is 9.64. The summed E-state index contributed by atoms with van der Waals surface area (Å²) in [5.74, 6) is -0.217. The van der Waals surface area contributed by atoms with Gasteiger partial charge in [-0.05, 0) is 0 Å². The van der Waals surface area contributed by atoms with Gasteiger partial charge in [0.2, 0.25) is 10.4 Å². The molecule has 0 aliphatic carbocycles. The minimum absolute atomic E-state index is 0.205. The zero-order chi connectivity index (χ0) is 12.3. The predicted octanol–water partition coefficient (Wildman–Crippen LogP) is -0.778. The summed E-state index contributed by atoms with van der Waals surface area (Å²) in [6.45, 7) is 1.34. The molecule has 1 aliphatic rings. The van der Waals surface area contributed by atoms with Crippen LogP contribution in [-0.2, 0) is 24.1 Å². The lowest BCUT2D eigenvalue weighted by molar-refractivity contribution is -0.237. The molecule has 4 atom stereocenters. The fourth-order valence-corrected chi connectivity index (χ4v) is 1.89. The van der Waals surface area contributed by atoms with Gasteiger partial charge in [-0.15, -0.1) is 0 Å². The van der Waals surface area contributed by atoms with Crippen LogP contribution in [0.5, 0.6) is 0 Å². The predicted molar refractivity (Wildman–Crippen MR) is 51.1 cm³/mol. The van der Waals surface area contributed by atoms with Gasteiger partial charge in [0.15, 0.2) is 6.29 Å². The third kappa shape index (κ3) is 3.96. The van der Waals surface area contributed by atoms with Crippen molar-refractivity contribution in [2.24, 2.45) is 5.92 Å². The van der Waals surface area contributed by atoms with Crippen molar-refractivity contribution in [3.63, 3.8) is 0 Å². The van der Waals surface area contributed by atoms with Crippen LogP contribution in [0.15, 0.2) is 0 Å². The standard InChI is InChI=1S/C8H16O7S/c1-5-7(9)3-6(15-8(5)13-2)4-14-16(10,11)12/h5-9H,3-4H2,1-2H3,(H,10,11,12)/p-1/t5?,6?,7-,8+/m1/s1. The Morgan fingerprint density at radius 2 is 2.19 bits per heavy atom. The first-order valence-corrected chi connectivity index (χ1v) is 6.13. The first-order chi connectivity index (χ1) is 7.33. The number of aliphatic hydroxyl groups excluding tert-OH is 1. The molecule has 1 fully saturated rings. The summed E-state index contributed by atoms with van der Waals surface area (Å²) >= 11 is 0. The zero-order valence-electron chi connectivity index (χ0n) is 9.03. The van der Waals surface area contributed by atoms with Crippen molar-refractivity contribution in [2.75, 3.05) is 13.7 Å². The molecule has 0 aromatic heterocycles. The highest BCUT2D eigenvalue weighted by Crippen LogP contribution is 2.26. The van der Waals surface area contributed by atoms with Crippen molar-refractivity contribution in [3.8, 4) is 0 Å². The van der Waals surface area contributed by atoms with Crippen LogP contribution >= 0.6 is 0 Å². The molecule has 0 aromatic rings. The lowest BCUT2D eigenvalue weighted by atomic mass is 9.95. The maximum absolute atomic E-state index is 10.2. The highest BCUT2D eigenvalue weighted by molar-refractivity contribution is 7.80. The largest absolute Gasteiger partial charge is 0.726 e. The third-order valence-electron chi connectivity index (χ3n) is 2.50. The van der Waals surface area contributed by atoms with Crippen molar-refractivity contribution in [2.45, 2.75) is 31.8 Å². The van der Waals surface area contributed by atoms with Gasteiger partial charge in [-0.25, -0.2) is 8.42 Å². The third-order valence-corrected chi connectivity index (χ3v) is 2.92. The first kappa shape index (κ1) is 13.8. The average Bonchev–Trinajstić information content (AvgIpc) is 2.18. The molecule has 8 heteroatoms. The normalized spacial score (nSPS) is 36.2. The van der Waals surface area contributed by atoms with E-state index in [9.17, 15) is 18.1 Å². The number of aliphatic hydroxyl groups is 1. The van der Waals surface area contributed by atoms with E-state index in [0.29, 0.717) is 0 Å². The van der Waals surface area contributed by atoms with E-state index in [0.717, 1.165) is 0 Å². The smallest absolute Gasteiger partial charge is 0.217 e. The SMILES string of the molecule is CO[C@H]1OC(COS(=O)(=O)[O-])C[C@@H](O)C1C. The molecule has 0 radical (unpaired) electrons. The Balaban J connectivity index is 2.51. The molecule has 2 unspecified atom stereocenters. The van der Waals surface area contributed by atoms with Gasteiger partial charge >= 0.3 is 0 Å². The summed E-state index contributed by atoms with van der Waals surface area (Å²) in [7, 11) is -3.31. The quantitative estimate of drug-likeness (QED) is 0.519. The van der Waals surface area contributed by atoms with Crippen LogP contribution in [0.25, 0.3) is 0 Å². The average molecular weight is 255 g/mol. The molecule has 0 amide bonds. The van der Waals surface area contributed by atoms with Crippen LogP contribution < -0.4 is 0 Å². The zero-order valence-corrected chi connectivity index (χ0v) is 9.85. The van der Waals surface area contributed by atoms with Crippen molar-refractivity contribution in [3.05, 3.63) is 0 Å². The summed E-state index contributed by atoms with van der Waals surface area (Å²) in [4.78, 5) is 0. The number of ether oxygens (including phenoxy) is 2. The lowest BCUT2D eigenvalue weighted by Gasteiger charge is -2.37. The molecule has 1 N–H and O–H groups in total. The Labute approximate surface area is 94.3 Å². The minimum atomic E-state index is -4.73. The number of methoxy groups -OCH3 is 1. The molecule has 0 bridgehead atoms. The first-order valence-electron chi connectivity index (χ1n) is 4.80.